The maximum Gasteiger partial charge on any atom is 0.337 e. The zero-order valence-corrected chi connectivity index (χ0v) is 11.2. The van der Waals surface area contributed by atoms with E-state index in [0.29, 0.717) is 12.4 Å². The minimum absolute atomic E-state index is 0.00467. The normalized spacial score (nSPS) is 17.8. The van der Waals surface area contributed by atoms with Gasteiger partial charge in [-0.3, -0.25) is 4.79 Å². The van der Waals surface area contributed by atoms with Crippen LogP contribution in [0.2, 0.25) is 0 Å². The van der Waals surface area contributed by atoms with Crippen molar-refractivity contribution >= 4 is 17.6 Å². The molecule has 2 N–H and O–H groups in total. The summed E-state index contributed by atoms with van der Waals surface area (Å²) < 4.78 is 10.4. The smallest absolute Gasteiger partial charge is 0.337 e. The molecule has 0 aliphatic carbocycles. The molecule has 1 aromatic carbocycles. The maximum atomic E-state index is 11.9. The first-order valence-corrected chi connectivity index (χ1v) is 6.43. The van der Waals surface area contributed by atoms with Crippen molar-refractivity contribution in [2.45, 2.75) is 25.4 Å². The van der Waals surface area contributed by atoms with E-state index in [0.717, 1.165) is 12.8 Å². The topological polar surface area (TPSA) is 84.9 Å². The van der Waals surface area contributed by atoms with Crippen molar-refractivity contribution in [2.24, 2.45) is 0 Å². The van der Waals surface area contributed by atoms with Crippen molar-refractivity contribution in [3.63, 3.8) is 0 Å². The van der Waals surface area contributed by atoms with E-state index in [-0.39, 0.29) is 29.7 Å². The third-order valence-corrected chi connectivity index (χ3v) is 3.17. The van der Waals surface area contributed by atoms with Gasteiger partial charge in [0.05, 0.1) is 30.9 Å². The fourth-order valence-corrected chi connectivity index (χ4v) is 2.15. The van der Waals surface area contributed by atoms with Crippen molar-refractivity contribution < 1.29 is 24.2 Å². The highest BCUT2D eigenvalue weighted by Gasteiger charge is 2.20. The highest BCUT2D eigenvalue weighted by molar-refractivity contribution is 6.00. The minimum Gasteiger partial charge on any atom is -0.497 e. The number of rotatable bonds is 5. The molecule has 20 heavy (non-hydrogen) atoms. The second-order valence-electron chi connectivity index (χ2n) is 4.60. The molecule has 2 rings (SSSR count). The van der Waals surface area contributed by atoms with E-state index in [2.05, 4.69) is 5.32 Å². The summed E-state index contributed by atoms with van der Waals surface area (Å²) in [5.74, 6) is -0.930. The molecule has 1 aromatic rings. The molecule has 6 nitrogen and oxygen atoms in total. The summed E-state index contributed by atoms with van der Waals surface area (Å²) in [6, 6.07) is 4.51. The van der Waals surface area contributed by atoms with Crippen LogP contribution in [0.1, 0.15) is 29.6 Å². The molecule has 0 aromatic heterocycles. The SMILES string of the molecule is COc1ccc(NC(=O)CC2CCCO2)c(C(=O)O)c1. The van der Waals surface area contributed by atoms with Gasteiger partial charge >= 0.3 is 5.97 Å². The molecule has 1 saturated heterocycles. The highest BCUT2D eigenvalue weighted by Crippen LogP contribution is 2.23. The Morgan fingerprint density at radius 3 is 2.90 bits per heavy atom. The lowest BCUT2D eigenvalue weighted by Crippen LogP contribution is -2.20. The summed E-state index contributed by atoms with van der Waals surface area (Å²) in [4.78, 5) is 23.1. The first-order chi connectivity index (χ1) is 9.60. The molecule has 0 radical (unpaired) electrons. The second kappa shape index (κ2) is 6.38. The Kier molecular flexibility index (Phi) is 4.57. The van der Waals surface area contributed by atoms with Gasteiger partial charge in [0.2, 0.25) is 5.91 Å². The number of anilines is 1. The van der Waals surface area contributed by atoms with Crippen molar-refractivity contribution in [2.75, 3.05) is 19.0 Å². The van der Waals surface area contributed by atoms with Gasteiger partial charge in [-0.05, 0) is 31.0 Å². The molecule has 1 amide bonds. The fraction of sp³-hybridized carbons (Fsp3) is 0.429. The number of amides is 1. The molecule has 0 saturated carbocycles. The number of hydrogen-bond donors (Lipinski definition) is 2. The Balaban J connectivity index is 2.07. The van der Waals surface area contributed by atoms with Crippen LogP contribution >= 0.6 is 0 Å². The van der Waals surface area contributed by atoms with Crippen molar-refractivity contribution in [3.8, 4) is 5.75 Å². The summed E-state index contributed by atoms with van der Waals surface area (Å²) in [6.07, 6.45) is 2.00. The molecule has 1 aliphatic rings. The van der Waals surface area contributed by atoms with Gasteiger partial charge < -0.3 is 19.9 Å². The Labute approximate surface area is 116 Å². The highest BCUT2D eigenvalue weighted by atomic mass is 16.5. The van der Waals surface area contributed by atoms with Gasteiger partial charge in [-0.25, -0.2) is 4.79 Å². The van der Waals surface area contributed by atoms with E-state index in [1.165, 1.54) is 19.2 Å². The predicted molar refractivity (Wildman–Crippen MR) is 72.2 cm³/mol. The minimum atomic E-state index is -1.11. The third kappa shape index (κ3) is 3.48. The Bertz CT molecular complexity index is 508. The second-order valence-corrected chi connectivity index (χ2v) is 4.60. The summed E-state index contributed by atoms with van der Waals surface area (Å²) in [6.45, 7) is 0.681. The molecule has 1 unspecified atom stereocenters. The lowest BCUT2D eigenvalue weighted by atomic mass is 10.1. The van der Waals surface area contributed by atoms with Crippen molar-refractivity contribution in [1.82, 2.24) is 0 Å². The van der Waals surface area contributed by atoms with E-state index in [9.17, 15) is 9.59 Å². The first kappa shape index (κ1) is 14.3. The largest absolute Gasteiger partial charge is 0.497 e. The number of methoxy groups -OCH3 is 1. The number of aromatic carboxylic acids is 1. The Hall–Kier alpha value is -2.08. The van der Waals surface area contributed by atoms with E-state index in [4.69, 9.17) is 14.6 Å². The van der Waals surface area contributed by atoms with Crippen LogP contribution in [-0.4, -0.2) is 36.8 Å². The molecule has 0 bridgehead atoms. The molecule has 108 valence electrons. The van der Waals surface area contributed by atoms with E-state index in [1.54, 1.807) is 6.07 Å². The van der Waals surface area contributed by atoms with Crippen LogP contribution in [-0.2, 0) is 9.53 Å². The Morgan fingerprint density at radius 2 is 2.30 bits per heavy atom. The monoisotopic (exact) mass is 279 g/mol. The van der Waals surface area contributed by atoms with Crippen LogP contribution in [0.5, 0.6) is 5.75 Å². The molecule has 1 aliphatic heterocycles. The van der Waals surface area contributed by atoms with Gasteiger partial charge in [-0.1, -0.05) is 0 Å². The van der Waals surface area contributed by atoms with E-state index >= 15 is 0 Å². The average molecular weight is 279 g/mol. The zero-order chi connectivity index (χ0) is 14.5. The zero-order valence-electron chi connectivity index (χ0n) is 11.2. The van der Waals surface area contributed by atoms with Crippen LogP contribution in [0, 0.1) is 0 Å². The third-order valence-electron chi connectivity index (χ3n) is 3.17. The Morgan fingerprint density at radius 1 is 1.50 bits per heavy atom. The molecular formula is C14H17NO5. The quantitative estimate of drug-likeness (QED) is 0.860. The standard InChI is InChI=1S/C14H17NO5/c1-19-9-4-5-12(11(7-9)14(17)18)15-13(16)8-10-3-2-6-20-10/h4-5,7,10H,2-3,6,8H2,1H3,(H,15,16)(H,17,18). The molecule has 1 atom stereocenters. The van der Waals surface area contributed by atoms with E-state index in [1.807, 2.05) is 0 Å². The number of benzene rings is 1. The molecule has 0 spiro atoms. The first-order valence-electron chi connectivity index (χ1n) is 6.43. The number of carbonyl (C=O) groups is 2. The number of hydrogen-bond acceptors (Lipinski definition) is 4. The van der Waals surface area contributed by atoms with Crippen LogP contribution in [0.4, 0.5) is 5.69 Å². The lowest BCUT2D eigenvalue weighted by Gasteiger charge is -2.12. The molecule has 1 fully saturated rings. The van der Waals surface area contributed by atoms with Gasteiger partial charge in [-0.15, -0.1) is 0 Å². The molecule has 6 heteroatoms. The van der Waals surface area contributed by atoms with Crippen molar-refractivity contribution in [1.29, 1.82) is 0 Å². The molecule has 1 heterocycles. The summed E-state index contributed by atoms with van der Waals surface area (Å²) in [5, 5.41) is 11.8. The van der Waals surface area contributed by atoms with Crippen LogP contribution in [0.3, 0.4) is 0 Å². The fourth-order valence-electron chi connectivity index (χ4n) is 2.15. The van der Waals surface area contributed by atoms with Crippen LogP contribution in [0.15, 0.2) is 18.2 Å². The maximum absolute atomic E-state index is 11.9. The van der Waals surface area contributed by atoms with E-state index < -0.39 is 5.97 Å². The number of carboxylic acid groups (broad SMARTS) is 1. The summed E-state index contributed by atoms with van der Waals surface area (Å²) in [7, 11) is 1.46. The predicted octanol–water partition coefficient (Wildman–Crippen LogP) is 1.90. The number of carboxylic acids is 1. The van der Waals surface area contributed by atoms with Gasteiger partial charge in [0.25, 0.3) is 0 Å². The number of carbonyl (C=O) groups excluding carboxylic acids is 1. The van der Waals surface area contributed by atoms with Crippen molar-refractivity contribution in [3.05, 3.63) is 23.8 Å². The summed E-state index contributed by atoms with van der Waals surface area (Å²) >= 11 is 0. The van der Waals surface area contributed by atoms with Gasteiger partial charge in [-0.2, -0.15) is 0 Å². The number of ether oxygens (including phenoxy) is 2. The van der Waals surface area contributed by atoms with Gasteiger partial charge in [0.15, 0.2) is 0 Å². The average Bonchev–Trinajstić information content (AvgIpc) is 2.91. The lowest BCUT2D eigenvalue weighted by molar-refractivity contribution is -0.118. The van der Waals surface area contributed by atoms with Crippen LogP contribution in [0.25, 0.3) is 0 Å². The van der Waals surface area contributed by atoms with Gasteiger partial charge in [0.1, 0.15) is 5.75 Å². The molecular weight excluding hydrogens is 262 g/mol. The number of nitrogens with one attached hydrogen (secondary N) is 1. The van der Waals surface area contributed by atoms with Gasteiger partial charge in [0, 0.05) is 6.61 Å². The summed E-state index contributed by atoms with van der Waals surface area (Å²) in [5.41, 5.74) is 0.270. The van der Waals surface area contributed by atoms with Crippen LogP contribution < -0.4 is 10.1 Å².